The van der Waals surface area contributed by atoms with Crippen molar-refractivity contribution in [1.82, 2.24) is 29.2 Å². The summed E-state index contributed by atoms with van der Waals surface area (Å²) in [5.41, 5.74) is 5.82. The minimum absolute atomic E-state index is 0.00464. The smallest absolute Gasteiger partial charge is 0.222 e. The number of imidazole rings is 1. The SMILES string of the molecule is [C-]#[N+]c1ccc(-c2c(-c3ccc4c(cnn4C)c3)ncc3c2ncn3CC2CCN(C)CC2)cc1F. The number of pyridine rings is 1. The largest absolute Gasteiger partial charge is 0.329 e. The average Bonchev–Trinajstić information content (AvgIpc) is 3.47. The first-order valence-corrected chi connectivity index (χ1v) is 12.1. The lowest BCUT2D eigenvalue weighted by atomic mass is 9.96. The van der Waals surface area contributed by atoms with Crippen LogP contribution in [0.4, 0.5) is 10.1 Å². The molecule has 1 aliphatic heterocycles. The Morgan fingerprint density at radius 2 is 1.81 bits per heavy atom. The molecule has 0 N–H and O–H groups in total. The van der Waals surface area contributed by atoms with Crippen LogP contribution in [-0.4, -0.2) is 49.4 Å². The van der Waals surface area contributed by atoms with E-state index in [1.165, 1.54) is 12.1 Å². The van der Waals surface area contributed by atoms with Crippen LogP contribution in [0.3, 0.4) is 0 Å². The molecule has 0 spiro atoms. The minimum atomic E-state index is -0.543. The number of aryl methyl sites for hydroxylation is 1. The van der Waals surface area contributed by atoms with Gasteiger partial charge in [0.2, 0.25) is 5.69 Å². The van der Waals surface area contributed by atoms with Crippen molar-refractivity contribution in [2.75, 3.05) is 20.1 Å². The molecule has 0 saturated carbocycles. The molecule has 1 fully saturated rings. The standard InChI is InChI=1S/C28H26FN7/c1-30-23-6-4-19(13-22(23)29)26-27(20-5-7-24-21(12-20)14-33-35(24)3)31-15-25-28(26)32-17-36(25)16-18-8-10-34(2)11-9-18/h4-7,12-15,17-18H,8-11,16H2,2-3H3. The number of nitrogens with zero attached hydrogens (tertiary/aromatic N) is 7. The van der Waals surface area contributed by atoms with E-state index in [1.807, 2.05) is 42.6 Å². The van der Waals surface area contributed by atoms with Crippen LogP contribution in [0.25, 0.3) is 49.2 Å². The van der Waals surface area contributed by atoms with Crippen LogP contribution in [0.5, 0.6) is 0 Å². The predicted octanol–water partition coefficient (Wildman–Crippen LogP) is 5.68. The van der Waals surface area contributed by atoms with Crippen molar-refractivity contribution in [3.63, 3.8) is 0 Å². The van der Waals surface area contributed by atoms with E-state index < -0.39 is 5.82 Å². The number of aromatic nitrogens is 5. The maximum Gasteiger partial charge on any atom is 0.222 e. The summed E-state index contributed by atoms with van der Waals surface area (Å²) in [7, 11) is 4.08. The second kappa shape index (κ2) is 8.85. The van der Waals surface area contributed by atoms with Gasteiger partial charge in [-0.25, -0.2) is 14.2 Å². The molecule has 3 aromatic heterocycles. The summed E-state index contributed by atoms with van der Waals surface area (Å²) in [6, 6.07) is 10.8. The predicted molar refractivity (Wildman–Crippen MR) is 139 cm³/mol. The van der Waals surface area contributed by atoms with Crippen LogP contribution in [0, 0.1) is 18.3 Å². The van der Waals surface area contributed by atoms with Gasteiger partial charge in [0, 0.05) is 30.1 Å². The highest BCUT2D eigenvalue weighted by atomic mass is 19.1. The van der Waals surface area contributed by atoms with Crippen LogP contribution in [0.15, 0.2) is 55.1 Å². The number of hydrogen-bond acceptors (Lipinski definition) is 4. The third kappa shape index (κ3) is 3.82. The maximum atomic E-state index is 14.8. The molecule has 2 aromatic carbocycles. The van der Waals surface area contributed by atoms with E-state index in [4.69, 9.17) is 16.5 Å². The van der Waals surface area contributed by atoms with Crippen molar-refractivity contribution < 1.29 is 4.39 Å². The zero-order chi connectivity index (χ0) is 24.8. The molecular weight excluding hydrogens is 453 g/mol. The fraction of sp³-hybridized carbons (Fsp3) is 0.286. The Balaban J connectivity index is 1.51. The van der Waals surface area contributed by atoms with E-state index in [2.05, 4.69) is 32.5 Å². The van der Waals surface area contributed by atoms with Gasteiger partial charge in [-0.3, -0.25) is 9.67 Å². The van der Waals surface area contributed by atoms with Gasteiger partial charge in [0.05, 0.1) is 42.0 Å². The van der Waals surface area contributed by atoms with Gasteiger partial charge in [-0.2, -0.15) is 5.10 Å². The lowest BCUT2D eigenvalue weighted by molar-refractivity contribution is 0.206. The number of hydrogen-bond donors (Lipinski definition) is 0. The summed E-state index contributed by atoms with van der Waals surface area (Å²) in [6.45, 7) is 10.3. The molecule has 0 radical (unpaired) electrons. The second-order valence-electron chi connectivity index (χ2n) is 9.68. The molecule has 4 heterocycles. The highest BCUT2D eigenvalue weighted by molar-refractivity contribution is 6.00. The Morgan fingerprint density at radius 3 is 2.58 bits per heavy atom. The molecule has 180 valence electrons. The third-order valence-corrected chi connectivity index (χ3v) is 7.34. The highest BCUT2D eigenvalue weighted by Gasteiger charge is 2.22. The zero-order valence-electron chi connectivity index (χ0n) is 20.3. The van der Waals surface area contributed by atoms with Crippen LogP contribution >= 0.6 is 0 Å². The van der Waals surface area contributed by atoms with Crippen molar-refractivity contribution in [1.29, 1.82) is 0 Å². The first-order valence-electron chi connectivity index (χ1n) is 12.1. The van der Waals surface area contributed by atoms with Crippen molar-refractivity contribution in [2.45, 2.75) is 19.4 Å². The first-order chi connectivity index (χ1) is 17.5. The van der Waals surface area contributed by atoms with E-state index >= 15 is 0 Å². The number of rotatable bonds is 4. The van der Waals surface area contributed by atoms with E-state index in [1.54, 1.807) is 6.07 Å². The normalized spacial score (nSPS) is 15.1. The molecule has 0 unspecified atom stereocenters. The molecule has 7 nitrogen and oxygen atoms in total. The molecule has 0 aliphatic carbocycles. The van der Waals surface area contributed by atoms with Gasteiger partial charge in [-0.15, -0.1) is 0 Å². The van der Waals surface area contributed by atoms with E-state index in [0.29, 0.717) is 11.5 Å². The van der Waals surface area contributed by atoms with E-state index in [-0.39, 0.29) is 5.69 Å². The Kier molecular flexibility index (Phi) is 5.50. The summed E-state index contributed by atoms with van der Waals surface area (Å²) in [5, 5.41) is 5.36. The fourth-order valence-corrected chi connectivity index (χ4v) is 5.25. The van der Waals surface area contributed by atoms with Crippen LogP contribution in [0.1, 0.15) is 12.8 Å². The third-order valence-electron chi connectivity index (χ3n) is 7.34. The van der Waals surface area contributed by atoms with Crippen LogP contribution < -0.4 is 0 Å². The number of benzene rings is 2. The monoisotopic (exact) mass is 479 g/mol. The van der Waals surface area contributed by atoms with Gasteiger partial charge in [0.15, 0.2) is 0 Å². The Hall–Kier alpha value is -4.09. The summed E-state index contributed by atoms with van der Waals surface area (Å²) in [4.78, 5) is 15.4. The topological polar surface area (TPSA) is 56.1 Å². The molecule has 0 amide bonds. The molecule has 0 bridgehead atoms. The lowest BCUT2D eigenvalue weighted by Gasteiger charge is -2.29. The summed E-state index contributed by atoms with van der Waals surface area (Å²) < 4.78 is 18.8. The first kappa shape index (κ1) is 22.4. The van der Waals surface area contributed by atoms with Gasteiger partial charge in [-0.05, 0) is 62.7 Å². The Labute approximate surface area is 208 Å². The van der Waals surface area contributed by atoms with Crippen molar-refractivity contribution in [3.8, 4) is 22.4 Å². The quantitative estimate of drug-likeness (QED) is 0.311. The summed E-state index contributed by atoms with van der Waals surface area (Å²) >= 11 is 0. The van der Waals surface area contributed by atoms with Crippen LogP contribution in [-0.2, 0) is 13.6 Å². The van der Waals surface area contributed by atoms with E-state index in [9.17, 15) is 4.39 Å². The van der Waals surface area contributed by atoms with Gasteiger partial charge >= 0.3 is 0 Å². The number of halogens is 1. The molecular formula is C28H26FN7. The van der Waals surface area contributed by atoms with Gasteiger partial charge in [-0.1, -0.05) is 18.2 Å². The van der Waals surface area contributed by atoms with Crippen molar-refractivity contribution in [2.24, 2.45) is 13.0 Å². The second-order valence-corrected chi connectivity index (χ2v) is 9.68. The number of piperidine rings is 1. The van der Waals surface area contributed by atoms with Crippen molar-refractivity contribution >= 4 is 27.6 Å². The van der Waals surface area contributed by atoms with Crippen molar-refractivity contribution in [3.05, 3.63) is 72.4 Å². The number of fused-ring (bicyclic) bond motifs is 2. The molecule has 36 heavy (non-hydrogen) atoms. The van der Waals surface area contributed by atoms with Gasteiger partial charge < -0.3 is 9.47 Å². The number of likely N-dealkylation sites (tertiary alicyclic amines) is 1. The molecule has 1 aliphatic rings. The van der Waals surface area contributed by atoms with Gasteiger partial charge in [0.25, 0.3) is 0 Å². The summed E-state index contributed by atoms with van der Waals surface area (Å²) in [6.07, 6.45) is 7.91. The molecule has 0 atom stereocenters. The van der Waals surface area contributed by atoms with Crippen LogP contribution in [0.2, 0.25) is 0 Å². The zero-order valence-corrected chi connectivity index (χ0v) is 20.3. The van der Waals surface area contributed by atoms with Gasteiger partial charge in [0.1, 0.15) is 11.3 Å². The lowest BCUT2D eigenvalue weighted by Crippen LogP contribution is -2.31. The molecule has 5 aromatic rings. The fourth-order valence-electron chi connectivity index (χ4n) is 5.25. The molecule has 8 heteroatoms. The Bertz CT molecular complexity index is 1630. The average molecular weight is 480 g/mol. The minimum Gasteiger partial charge on any atom is -0.329 e. The highest BCUT2D eigenvalue weighted by Crippen LogP contribution is 2.38. The summed E-state index contributed by atoms with van der Waals surface area (Å²) in [5.74, 6) is 0.0454. The Morgan fingerprint density at radius 1 is 1.00 bits per heavy atom. The van der Waals surface area contributed by atoms with E-state index in [0.717, 1.165) is 71.2 Å². The maximum absolute atomic E-state index is 14.8. The molecule has 6 rings (SSSR count). The molecule has 1 saturated heterocycles.